The van der Waals surface area contributed by atoms with Gasteiger partial charge in [-0.25, -0.2) is 4.39 Å². The highest BCUT2D eigenvalue weighted by Crippen LogP contribution is 2.39. The van der Waals surface area contributed by atoms with Crippen LogP contribution in [0.25, 0.3) is 0 Å². The first kappa shape index (κ1) is 12.0. The molecule has 1 aromatic rings. The van der Waals surface area contributed by atoms with Gasteiger partial charge in [0.05, 0.1) is 18.5 Å². The highest BCUT2D eigenvalue weighted by atomic mass is 19.1. The predicted molar refractivity (Wildman–Crippen MR) is 67.8 cm³/mol. The maximum Gasteiger partial charge on any atom is 0.167 e. The van der Waals surface area contributed by atoms with Gasteiger partial charge in [0.1, 0.15) is 0 Å². The number of methoxy groups -OCH3 is 1. The summed E-state index contributed by atoms with van der Waals surface area (Å²) < 4.78 is 18.3. The van der Waals surface area contributed by atoms with Crippen LogP contribution in [-0.4, -0.2) is 13.2 Å². The third kappa shape index (κ3) is 2.62. The predicted octanol–water partition coefficient (Wildman–Crippen LogP) is 3.02. The summed E-state index contributed by atoms with van der Waals surface area (Å²) in [6.07, 6.45) is 3.61. The summed E-state index contributed by atoms with van der Waals surface area (Å²) in [6.45, 7) is 2.19. The van der Waals surface area contributed by atoms with Gasteiger partial charge in [0.25, 0.3) is 0 Å². The van der Waals surface area contributed by atoms with E-state index in [1.54, 1.807) is 6.07 Å². The zero-order valence-corrected chi connectivity index (χ0v) is 10.3. The molecule has 0 bridgehead atoms. The van der Waals surface area contributed by atoms with Crippen molar-refractivity contribution in [3.05, 3.63) is 17.9 Å². The molecule has 2 unspecified atom stereocenters. The van der Waals surface area contributed by atoms with Crippen LogP contribution in [0.2, 0.25) is 0 Å². The van der Waals surface area contributed by atoms with Gasteiger partial charge in [-0.1, -0.05) is 13.3 Å². The Balaban J connectivity index is 2.06. The number of anilines is 2. The third-order valence-corrected chi connectivity index (χ3v) is 3.25. The molecular weight excluding hydrogens is 219 g/mol. The Kier molecular flexibility index (Phi) is 3.41. The third-order valence-electron chi connectivity index (χ3n) is 3.25. The Morgan fingerprint density at radius 1 is 1.53 bits per heavy atom. The highest BCUT2D eigenvalue weighted by Gasteiger charge is 2.36. The highest BCUT2D eigenvalue weighted by molar-refractivity contribution is 5.69. The van der Waals surface area contributed by atoms with Crippen LogP contribution in [0.5, 0.6) is 5.75 Å². The second-order valence-corrected chi connectivity index (χ2v) is 4.61. The lowest BCUT2D eigenvalue weighted by molar-refractivity contribution is 0.387. The lowest BCUT2D eigenvalue weighted by Crippen LogP contribution is -2.07. The van der Waals surface area contributed by atoms with Crippen molar-refractivity contribution in [2.75, 3.05) is 18.2 Å². The summed E-state index contributed by atoms with van der Waals surface area (Å²) in [6, 6.07) is 3.41. The number of nitrogens with two attached hydrogens (primary N) is 1. The molecule has 0 aliphatic heterocycles. The van der Waals surface area contributed by atoms with Crippen LogP contribution in [-0.2, 0) is 0 Å². The molecule has 1 aromatic carbocycles. The Morgan fingerprint density at radius 2 is 2.29 bits per heavy atom. The van der Waals surface area contributed by atoms with Crippen molar-refractivity contribution in [3.63, 3.8) is 0 Å². The van der Waals surface area contributed by atoms with Gasteiger partial charge in [-0.15, -0.1) is 0 Å². The standard InChI is InChI=1S/C13H19FN2O/c1-3-4-8-5-11(8)16-12-7-13(17-2)9(14)6-10(12)15/h6-8,11,16H,3-5,15H2,1-2H3. The van der Waals surface area contributed by atoms with Crippen molar-refractivity contribution < 1.29 is 9.13 Å². The summed E-state index contributed by atoms with van der Waals surface area (Å²) in [5, 5.41) is 3.35. The zero-order chi connectivity index (χ0) is 12.4. The molecule has 2 rings (SSSR count). The number of ether oxygens (including phenoxy) is 1. The van der Waals surface area contributed by atoms with Crippen LogP contribution in [0.1, 0.15) is 26.2 Å². The SMILES string of the molecule is CCCC1CC1Nc1cc(OC)c(F)cc1N. The van der Waals surface area contributed by atoms with Crippen LogP contribution in [0, 0.1) is 11.7 Å². The molecular formula is C13H19FN2O. The molecule has 1 aliphatic rings. The number of hydrogen-bond acceptors (Lipinski definition) is 3. The average molecular weight is 238 g/mol. The van der Waals surface area contributed by atoms with E-state index in [9.17, 15) is 4.39 Å². The summed E-state index contributed by atoms with van der Waals surface area (Å²) in [5.74, 6) is 0.543. The van der Waals surface area contributed by atoms with Crippen molar-refractivity contribution in [1.29, 1.82) is 0 Å². The quantitative estimate of drug-likeness (QED) is 0.775. The smallest absolute Gasteiger partial charge is 0.167 e. The molecule has 4 heteroatoms. The van der Waals surface area contributed by atoms with Gasteiger partial charge in [0, 0.05) is 18.2 Å². The first-order chi connectivity index (χ1) is 8.15. The number of nitrogens with one attached hydrogen (secondary N) is 1. The molecule has 0 saturated heterocycles. The number of benzene rings is 1. The Morgan fingerprint density at radius 3 is 2.94 bits per heavy atom. The van der Waals surface area contributed by atoms with Crippen molar-refractivity contribution >= 4 is 11.4 Å². The van der Waals surface area contributed by atoms with Crippen LogP contribution in [0.15, 0.2) is 12.1 Å². The molecule has 3 N–H and O–H groups in total. The molecule has 2 atom stereocenters. The molecule has 0 heterocycles. The molecule has 94 valence electrons. The summed E-state index contributed by atoms with van der Waals surface area (Å²) in [5.41, 5.74) is 6.99. The van der Waals surface area contributed by atoms with Crippen molar-refractivity contribution in [3.8, 4) is 5.75 Å². The maximum atomic E-state index is 13.3. The van der Waals surface area contributed by atoms with Gasteiger partial charge in [-0.3, -0.25) is 0 Å². The van der Waals surface area contributed by atoms with Gasteiger partial charge < -0.3 is 15.8 Å². The van der Waals surface area contributed by atoms with Crippen LogP contribution >= 0.6 is 0 Å². The monoisotopic (exact) mass is 238 g/mol. The topological polar surface area (TPSA) is 47.3 Å². The lowest BCUT2D eigenvalue weighted by atomic mass is 10.2. The van der Waals surface area contributed by atoms with E-state index in [1.165, 1.54) is 32.4 Å². The van der Waals surface area contributed by atoms with Crippen molar-refractivity contribution in [2.24, 2.45) is 5.92 Å². The zero-order valence-electron chi connectivity index (χ0n) is 10.3. The molecule has 0 aromatic heterocycles. The molecule has 1 saturated carbocycles. The Hall–Kier alpha value is -1.45. The van der Waals surface area contributed by atoms with E-state index in [1.807, 2.05) is 0 Å². The van der Waals surface area contributed by atoms with Gasteiger partial charge in [-0.2, -0.15) is 0 Å². The van der Waals surface area contributed by atoms with Gasteiger partial charge in [0.15, 0.2) is 11.6 Å². The van der Waals surface area contributed by atoms with E-state index in [0.29, 0.717) is 11.7 Å². The second-order valence-electron chi connectivity index (χ2n) is 4.61. The first-order valence-corrected chi connectivity index (χ1v) is 6.05. The summed E-state index contributed by atoms with van der Waals surface area (Å²) >= 11 is 0. The first-order valence-electron chi connectivity index (χ1n) is 6.05. The fourth-order valence-electron chi connectivity index (χ4n) is 2.16. The Labute approximate surface area is 101 Å². The van der Waals surface area contributed by atoms with E-state index in [-0.39, 0.29) is 5.75 Å². The average Bonchev–Trinajstić information content (AvgIpc) is 3.01. The largest absolute Gasteiger partial charge is 0.494 e. The number of hydrogen-bond donors (Lipinski definition) is 2. The molecule has 1 aliphatic carbocycles. The minimum absolute atomic E-state index is 0.231. The van der Waals surface area contributed by atoms with E-state index < -0.39 is 5.82 Å². The van der Waals surface area contributed by atoms with Crippen LogP contribution < -0.4 is 15.8 Å². The molecule has 3 nitrogen and oxygen atoms in total. The minimum atomic E-state index is -0.420. The summed E-state index contributed by atoms with van der Waals surface area (Å²) in [7, 11) is 1.45. The second kappa shape index (κ2) is 4.82. The van der Waals surface area contributed by atoms with Gasteiger partial charge in [0.2, 0.25) is 0 Å². The maximum absolute atomic E-state index is 13.3. The molecule has 0 radical (unpaired) electrons. The van der Waals surface area contributed by atoms with Crippen LogP contribution in [0.3, 0.4) is 0 Å². The fourth-order valence-corrected chi connectivity index (χ4v) is 2.16. The molecule has 1 fully saturated rings. The fraction of sp³-hybridized carbons (Fsp3) is 0.538. The van der Waals surface area contributed by atoms with E-state index in [0.717, 1.165) is 11.6 Å². The van der Waals surface area contributed by atoms with E-state index in [4.69, 9.17) is 10.5 Å². The number of halogens is 1. The van der Waals surface area contributed by atoms with Crippen LogP contribution in [0.4, 0.5) is 15.8 Å². The molecule has 17 heavy (non-hydrogen) atoms. The molecule has 0 spiro atoms. The van der Waals surface area contributed by atoms with Gasteiger partial charge in [-0.05, 0) is 18.8 Å². The van der Waals surface area contributed by atoms with Crippen molar-refractivity contribution in [2.45, 2.75) is 32.2 Å². The van der Waals surface area contributed by atoms with E-state index >= 15 is 0 Å². The van der Waals surface area contributed by atoms with E-state index in [2.05, 4.69) is 12.2 Å². The number of nitrogen functional groups attached to an aromatic ring is 1. The number of rotatable bonds is 5. The molecule has 0 amide bonds. The Bertz CT molecular complexity index is 409. The normalized spacial score (nSPS) is 22.3. The lowest BCUT2D eigenvalue weighted by Gasteiger charge is -2.11. The van der Waals surface area contributed by atoms with Gasteiger partial charge >= 0.3 is 0 Å². The summed E-state index contributed by atoms with van der Waals surface area (Å²) in [4.78, 5) is 0. The van der Waals surface area contributed by atoms with Crippen molar-refractivity contribution in [1.82, 2.24) is 0 Å². The minimum Gasteiger partial charge on any atom is -0.494 e.